The Morgan fingerprint density at radius 3 is 2.53 bits per heavy atom. The summed E-state index contributed by atoms with van der Waals surface area (Å²) < 4.78 is 14.4. The Hall–Kier alpha value is -1.08. The van der Waals surface area contributed by atoms with Crippen LogP contribution in [0.15, 0.2) is 30.9 Å². The summed E-state index contributed by atoms with van der Waals surface area (Å²) in [6.07, 6.45) is 9.97. The molecule has 0 heterocycles. The Morgan fingerprint density at radius 2 is 1.95 bits per heavy atom. The largest absolute Gasteiger partial charge is 0.205 e. The van der Waals surface area contributed by atoms with E-state index in [9.17, 15) is 4.39 Å². The lowest BCUT2D eigenvalue weighted by Crippen LogP contribution is -2.13. The van der Waals surface area contributed by atoms with Crippen molar-refractivity contribution in [2.45, 2.75) is 38.5 Å². The summed E-state index contributed by atoms with van der Waals surface area (Å²) in [5.74, 6) is 0.657. The van der Waals surface area contributed by atoms with Gasteiger partial charge in [-0.15, -0.1) is 6.58 Å². The van der Waals surface area contributed by atoms with Crippen LogP contribution in [0.3, 0.4) is 0 Å². The van der Waals surface area contributed by atoms with Crippen molar-refractivity contribution in [1.82, 2.24) is 0 Å². The number of allylic oxidation sites excluding steroid dienone is 2. The monoisotopic (exact) mass is 278 g/mol. The van der Waals surface area contributed by atoms with Crippen molar-refractivity contribution in [2.75, 3.05) is 0 Å². The molecule has 0 radical (unpaired) electrons. The van der Waals surface area contributed by atoms with Crippen molar-refractivity contribution in [3.8, 4) is 0 Å². The molecule has 102 valence electrons. The van der Waals surface area contributed by atoms with Crippen LogP contribution < -0.4 is 0 Å². The van der Waals surface area contributed by atoms with Gasteiger partial charge >= 0.3 is 0 Å². The maximum Gasteiger partial charge on any atom is 0.145 e. The maximum atomic E-state index is 14.4. The standard InChI is InChI=1S/C17H20ClF/c1-3-5-14-10-11-15(17(19)16(14)18)13-8-6-12(4-2)7-9-13/h3-5,10-13H,2,6-9H2,1H3. The van der Waals surface area contributed by atoms with Crippen molar-refractivity contribution in [3.63, 3.8) is 0 Å². The van der Waals surface area contributed by atoms with Gasteiger partial charge in [0.25, 0.3) is 0 Å². The van der Waals surface area contributed by atoms with Gasteiger partial charge in [0.2, 0.25) is 0 Å². The molecule has 1 aromatic rings. The quantitative estimate of drug-likeness (QED) is 0.597. The fourth-order valence-corrected chi connectivity index (χ4v) is 3.10. The topological polar surface area (TPSA) is 0 Å². The Balaban J connectivity index is 2.22. The zero-order valence-electron chi connectivity index (χ0n) is 11.3. The molecule has 1 aliphatic carbocycles. The van der Waals surface area contributed by atoms with E-state index in [0.717, 1.165) is 36.8 Å². The van der Waals surface area contributed by atoms with Gasteiger partial charge in [0.1, 0.15) is 5.82 Å². The highest BCUT2D eigenvalue weighted by atomic mass is 35.5. The average Bonchev–Trinajstić information content (AvgIpc) is 2.45. The van der Waals surface area contributed by atoms with Crippen LogP contribution in [0, 0.1) is 11.7 Å². The summed E-state index contributed by atoms with van der Waals surface area (Å²) in [7, 11) is 0. The first-order chi connectivity index (χ1) is 9.17. The van der Waals surface area contributed by atoms with E-state index in [0.29, 0.717) is 11.8 Å². The van der Waals surface area contributed by atoms with Gasteiger partial charge in [-0.25, -0.2) is 4.39 Å². The number of hydrogen-bond acceptors (Lipinski definition) is 0. The molecule has 0 aromatic heterocycles. The van der Waals surface area contributed by atoms with Crippen LogP contribution in [0.2, 0.25) is 5.02 Å². The third-order valence-corrected chi connectivity index (χ3v) is 4.42. The Kier molecular flexibility index (Phi) is 4.81. The average molecular weight is 279 g/mol. The second-order valence-corrected chi connectivity index (χ2v) is 5.60. The van der Waals surface area contributed by atoms with E-state index in [1.54, 1.807) is 0 Å². The van der Waals surface area contributed by atoms with Gasteiger partial charge in [-0.3, -0.25) is 0 Å². The Bertz CT molecular complexity index is 482. The molecule has 0 unspecified atom stereocenters. The van der Waals surface area contributed by atoms with Crippen molar-refractivity contribution in [1.29, 1.82) is 0 Å². The van der Waals surface area contributed by atoms with Gasteiger partial charge < -0.3 is 0 Å². The molecule has 0 bridgehead atoms. The van der Waals surface area contributed by atoms with E-state index in [2.05, 4.69) is 6.58 Å². The molecule has 0 atom stereocenters. The van der Waals surface area contributed by atoms with E-state index in [1.807, 2.05) is 37.3 Å². The lowest BCUT2D eigenvalue weighted by molar-refractivity contribution is 0.369. The Morgan fingerprint density at radius 1 is 1.26 bits per heavy atom. The maximum absolute atomic E-state index is 14.4. The van der Waals surface area contributed by atoms with Crippen LogP contribution in [0.1, 0.15) is 49.7 Å². The van der Waals surface area contributed by atoms with E-state index in [-0.39, 0.29) is 10.8 Å². The zero-order chi connectivity index (χ0) is 13.8. The summed E-state index contributed by atoms with van der Waals surface area (Å²) in [5, 5.41) is 0.251. The predicted molar refractivity (Wildman–Crippen MR) is 81.0 cm³/mol. The van der Waals surface area contributed by atoms with Gasteiger partial charge in [-0.2, -0.15) is 0 Å². The molecule has 0 N–H and O–H groups in total. The molecule has 2 heteroatoms. The van der Waals surface area contributed by atoms with Crippen molar-refractivity contribution in [3.05, 3.63) is 52.8 Å². The minimum Gasteiger partial charge on any atom is -0.205 e. The molecule has 0 nitrogen and oxygen atoms in total. The fraction of sp³-hybridized carbons (Fsp3) is 0.412. The van der Waals surface area contributed by atoms with Crippen LogP contribution in [-0.4, -0.2) is 0 Å². The summed E-state index contributed by atoms with van der Waals surface area (Å²) >= 11 is 6.11. The highest BCUT2D eigenvalue weighted by Crippen LogP contribution is 2.39. The first kappa shape index (κ1) is 14.3. The lowest BCUT2D eigenvalue weighted by Gasteiger charge is -2.27. The molecule has 1 aliphatic rings. The zero-order valence-corrected chi connectivity index (χ0v) is 12.1. The summed E-state index contributed by atoms with van der Waals surface area (Å²) in [6.45, 7) is 5.74. The fourth-order valence-electron chi connectivity index (χ4n) is 2.87. The third-order valence-electron chi connectivity index (χ3n) is 4.03. The molecule has 2 rings (SSSR count). The second-order valence-electron chi connectivity index (χ2n) is 5.22. The van der Waals surface area contributed by atoms with Crippen molar-refractivity contribution < 1.29 is 4.39 Å². The minimum atomic E-state index is -0.237. The van der Waals surface area contributed by atoms with Crippen molar-refractivity contribution >= 4 is 17.7 Å². The molecule has 1 saturated carbocycles. The number of halogens is 2. The van der Waals surface area contributed by atoms with Crippen LogP contribution in [0.4, 0.5) is 4.39 Å². The highest BCUT2D eigenvalue weighted by molar-refractivity contribution is 6.32. The van der Waals surface area contributed by atoms with Crippen LogP contribution in [0.25, 0.3) is 6.08 Å². The third kappa shape index (κ3) is 3.09. The summed E-state index contributed by atoms with van der Waals surface area (Å²) in [5.41, 5.74) is 1.53. The number of rotatable bonds is 3. The van der Waals surface area contributed by atoms with Crippen LogP contribution in [0.5, 0.6) is 0 Å². The van der Waals surface area contributed by atoms with E-state index in [4.69, 9.17) is 11.6 Å². The van der Waals surface area contributed by atoms with Crippen molar-refractivity contribution in [2.24, 2.45) is 5.92 Å². The highest BCUT2D eigenvalue weighted by Gasteiger charge is 2.24. The first-order valence-corrected chi connectivity index (χ1v) is 7.28. The molecular weight excluding hydrogens is 259 g/mol. The molecular formula is C17H20ClF. The normalized spacial score (nSPS) is 23.7. The van der Waals surface area contributed by atoms with E-state index < -0.39 is 0 Å². The van der Waals surface area contributed by atoms with Crippen LogP contribution in [-0.2, 0) is 0 Å². The SMILES string of the molecule is C=CC1CCC(c2ccc(C=CC)c(Cl)c2F)CC1. The predicted octanol–water partition coefficient (Wildman–Crippen LogP) is 5.97. The molecule has 0 spiro atoms. The molecule has 0 amide bonds. The first-order valence-electron chi connectivity index (χ1n) is 6.90. The van der Waals surface area contributed by atoms with E-state index in [1.165, 1.54) is 0 Å². The van der Waals surface area contributed by atoms with Crippen LogP contribution >= 0.6 is 11.6 Å². The van der Waals surface area contributed by atoms with Gasteiger partial charge in [0, 0.05) is 0 Å². The smallest absolute Gasteiger partial charge is 0.145 e. The molecule has 19 heavy (non-hydrogen) atoms. The van der Waals surface area contributed by atoms with Gasteiger partial charge in [0.15, 0.2) is 0 Å². The van der Waals surface area contributed by atoms with Gasteiger partial charge in [-0.1, -0.05) is 42.0 Å². The van der Waals surface area contributed by atoms with Gasteiger partial charge in [-0.05, 0) is 55.6 Å². The number of benzene rings is 1. The van der Waals surface area contributed by atoms with Gasteiger partial charge in [0.05, 0.1) is 5.02 Å². The molecule has 0 saturated heterocycles. The summed E-state index contributed by atoms with van der Waals surface area (Å²) in [6, 6.07) is 3.82. The minimum absolute atomic E-state index is 0.237. The molecule has 1 aromatic carbocycles. The number of hydrogen-bond donors (Lipinski definition) is 0. The molecule has 0 aliphatic heterocycles. The van der Waals surface area contributed by atoms with E-state index >= 15 is 0 Å². The summed E-state index contributed by atoms with van der Waals surface area (Å²) in [4.78, 5) is 0. The lowest BCUT2D eigenvalue weighted by atomic mass is 9.78. The Labute approximate surface area is 120 Å². The molecule has 1 fully saturated rings. The second kappa shape index (κ2) is 6.38.